The fourth-order valence-corrected chi connectivity index (χ4v) is 3.12. The maximum atomic E-state index is 11.4. The monoisotopic (exact) mass is 415 g/mol. The fraction of sp³-hybridized carbons (Fsp3) is 0.526. The minimum Gasteiger partial charge on any atom is -0.480 e. The molecule has 0 aliphatic heterocycles. The van der Waals surface area contributed by atoms with E-state index >= 15 is 0 Å². The highest BCUT2D eigenvalue weighted by Crippen LogP contribution is 2.11. The number of aldehydes is 1. The number of carbonyl (C=O) groups excluding carboxylic acids is 1. The summed E-state index contributed by atoms with van der Waals surface area (Å²) in [5.41, 5.74) is 1.72. The van der Waals surface area contributed by atoms with Crippen molar-refractivity contribution in [3.05, 3.63) is 40.7 Å². The molecule has 2 atom stereocenters. The lowest BCUT2D eigenvalue weighted by Crippen LogP contribution is -2.45. The molecule has 0 aliphatic rings. The first kappa shape index (κ1) is 23.4. The third kappa shape index (κ3) is 9.22. The summed E-state index contributed by atoms with van der Waals surface area (Å²) < 4.78 is 1.75. The summed E-state index contributed by atoms with van der Waals surface area (Å²) in [6.07, 6.45) is 6.86. The Bertz CT molecular complexity index is 683. The van der Waals surface area contributed by atoms with Crippen LogP contribution in [0.25, 0.3) is 0 Å². The predicted molar refractivity (Wildman–Crippen MR) is 108 cm³/mol. The Morgan fingerprint density at radius 1 is 1.44 bits per heavy atom. The summed E-state index contributed by atoms with van der Waals surface area (Å²) in [5.74, 6) is -0.397. The number of halogens is 2. The van der Waals surface area contributed by atoms with E-state index in [1.165, 1.54) is 0 Å². The van der Waals surface area contributed by atoms with Crippen LogP contribution in [-0.2, 0) is 22.6 Å². The fourth-order valence-electron chi connectivity index (χ4n) is 2.61. The predicted octanol–water partition coefficient (Wildman–Crippen LogP) is 3.39. The Morgan fingerprint density at radius 2 is 2.15 bits per heavy atom. The molecule has 150 valence electrons. The second-order valence-electron chi connectivity index (χ2n) is 6.87. The van der Waals surface area contributed by atoms with Crippen molar-refractivity contribution in [2.45, 2.75) is 52.2 Å². The molecule has 0 aromatic carbocycles. The molecular weight excluding hydrogens is 389 g/mol. The molecule has 0 saturated heterocycles. The Morgan fingerprint density at radius 3 is 2.70 bits per heavy atom. The molecule has 0 saturated carbocycles. The van der Waals surface area contributed by atoms with Gasteiger partial charge in [-0.2, -0.15) is 5.10 Å². The minimum absolute atomic E-state index is 0.208. The van der Waals surface area contributed by atoms with Gasteiger partial charge in [0.2, 0.25) is 0 Å². The van der Waals surface area contributed by atoms with Crippen LogP contribution >= 0.6 is 23.2 Å². The zero-order valence-corrected chi connectivity index (χ0v) is 17.4. The Labute approximate surface area is 170 Å². The number of aliphatic carboxylic acids is 1. The van der Waals surface area contributed by atoms with Gasteiger partial charge in [-0.3, -0.25) is 14.8 Å². The van der Waals surface area contributed by atoms with Gasteiger partial charge >= 0.3 is 5.97 Å². The van der Waals surface area contributed by atoms with Crippen LogP contribution < -0.4 is 5.32 Å². The van der Waals surface area contributed by atoms with E-state index in [9.17, 15) is 14.7 Å². The first-order chi connectivity index (χ1) is 12.7. The highest BCUT2D eigenvalue weighted by molar-refractivity contribution is 6.32. The van der Waals surface area contributed by atoms with E-state index < -0.39 is 18.1 Å². The van der Waals surface area contributed by atoms with Crippen molar-refractivity contribution in [3.8, 4) is 0 Å². The molecule has 1 rings (SSSR count). The zero-order valence-electron chi connectivity index (χ0n) is 15.9. The number of carboxylic acids is 1. The number of hydrogen-bond donors (Lipinski definition) is 2. The number of carboxylic acid groups (broad SMARTS) is 1. The molecule has 6 nitrogen and oxygen atoms in total. The summed E-state index contributed by atoms with van der Waals surface area (Å²) in [6, 6.07) is 0.453. The van der Waals surface area contributed by atoms with Gasteiger partial charge in [-0.15, -0.1) is 11.6 Å². The van der Waals surface area contributed by atoms with Crippen molar-refractivity contribution in [1.82, 2.24) is 15.1 Å². The standard InChI is InChI=1S/C19H27Cl2N3O3/c1-13(2)8-18(19(26)27)22-17(12-25)10-16-5-7-24(23-16)11-14(3)9-15(21)4-6-20/h4-5,7,9,12-13,17-18,22H,6,8,10-11H2,1-3H3,(H,26,27)/b14-9+,15-4+/t17-,18-/m0/s1. The molecule has 0 aliphatic carbocycles. The SMILES string of the molecule is C/C(=C\C(Cl)=C/CCl)Cn1ccc(C[C@@H](C=O)N[C@@H](CC(C)C)C(=O)O)n1. The van der Waals surface area contributed by atoms with Crippen LogP contribution in [0.2, 0.25) is 0 Å². The summed E-state index contributed by atoms with van der Waals surface area (Å²) in [5, 5.41) is 17.2. The number of rotatable bonds is 12. The summed E-state index contributed by atoms with van der Waals surface area (Å²) in [4.78, 5) is 22.8. The van der Waals surface area contributed by atoms with Gasteiger partial charge in [0.05, 0.1) is 18.3 Å². The number of hydrogen-bond acceptors (Lipinski definition) is 4. The second-order valence-corrected chi connectivity index (χ2v) is 7.62. The van der Waals surface area contributed by atoms with Gasteiger partial charge in [-0.05, 0) is 31.4 Å². The molecule has 1 aromatic rings. The maximum Gasteiger partial charge on any atom is 0.320 e. The Balaban J connectivity index is 2.71. The van der Waals surface area contributed by atoms with E-state index in [1.807, 2.05) is 39.1 Å². The van der Waals surface area contributed by atoms with Crippen LogP contribution in [0.5, 0.6) is 0 Å². The van der Waals surface area contributed by atoms with Gasteiger partial charge in [0.1, 0.15) is 12.3 Å². The smallest absolute Gasteiger partial charge is 0.320 e. The van der Waals surface area contributed by atoms with Crippen molar-refractivity contribution in [1.29, 1.82) is 0 Å². The number of carbonyl (C=O) groups is 2. The molecule has 0 spiro atoms. The first-order valence-corrected chi connectivity index (χ1v) is 9.71. The van der Waals surface area contributed by atoms with Crippen LogP contribution in [-0.4, -0.2) is 45.1 Å². The lowest BCUT2D eigenvalue weighted by molar-refractivity contribution is -0.140. The molecule has 0 amide bonds. The molecule has 0 bridgehead atoms. The molecule has 0 unspecified atom stereocenters. The average Bonchev–Trinajstić information content (AvgIpc) is 2.99. The summed E-state index contributed by atoms with van der Waals surface area (Å²) in [6.45, 7) is 6.38. The van der Waals surface area contributed by atoms with Crippen LogP contribution in [0.3, 0.4) is 0 Å². The topological polar surface area (TPSA) is 84.2 Å². The lowest BCUT2D eigenvalue weighted by Gasteiger charge is -2.20. The molecule has 8 heteroatoms. The van der Waals surface area contributed by atoms with E-state index in [1.54, 1.807) is 10.8 Å². The van der Waals surface area contributed by atoms with Gasteiger partial charge in [-0.1, -0.05) is 37.1 Å². The van der Waals surface area contributed by atoms with Crippen LogP contribution in [0.4, 0.5) is 0 Å². The van der Waals surface area contributed by atoms with Crippen molar-refractivity contribution in [2.24, 2.45) is 5.92 Å². The van der Waals surface area contributed by atoms with E-state index in [4.69, 9.17) is 23.2 Å². The van der Waals surface area contributed by atoms with E-state index in [2.05, 4.69) is 10.4 Å². The van der Waals surface area contributed by atoms with Gasteiger partial charge in [-0.25, -0.2) is 0 Å². The van der Waals surface area contributed by atoms with E-state index in [0.717, 1.165) is 11.9 Å². The van der Waals surface area contributed by atoms with Crippen molar-refractivity contribution in [3.63, 3.8) is 0 Å². The van der Waals surface area contributed by atoms with Gasteiger partial charge in [0.25, 0.3) is 0 Å². The number of nitrogens with one attached hydrogen (secondary N) is 1. The quantitative estimate of drug-likeness (QED) is 0.310. The third-order valence-corrected chi connectivity index (χ3v) is 4.20. The molecule has 0 radical (unpaired) electrons. The Kier molecular flexibility index (Phi) is 10.4. The number of alkyl halides is 1. The van der Waals surface area contributed by atoms with Gasteiger partial charge in [0.15, 0.2) is 0 Å². The number of allylic oxidation sites excluding steroid dienone is 4. The number of aromatic nitrogens is 2. The lowest BCUT2D eigenvalue weighted by atomic mass is 10.0. The molecular formula is C19H27Cl2N3O3. The molecule has 2 N–H and O–H groups in total. The van der Waals surface area contributed by atoms with Crippen LogP contribution in [0, 0.1) is 5.92 Å². The maximum absolute atomic E-state index is 11.4. The highest BCUT2D eigenvalue weighted by atomic mass is 35.5. The van der Waals surface area contributed by atoms with Crippen molar-refractivity contribution in [2.75, 3.05) is 5.88 Å². The Hall–Kier alpha value is -1.63. The summed E-state index contributed by atoms with van der Waals surface area (Å²) in [7, 11) is 0. The highest BCUT2D eigenvalue weighted by Gasteiger charge is 2.23. The van der Waals surface area contributed by atoms with E-state index in [-0.39, 0.29) is 5.92 Å². The van der Waals surface area contributed by atoms with E-state index in [0.29, 0.717) is 36.0 Å². The molecule has 1 heterocycles. The average molecular weight is 416 g/mol. The van der Waals surface area contributed by atoms with Crippen LogP contribution in [0.1, 0.15) is 32.9 Å². The molecule has 0 fully saturated rings. The van der Waals surface area contributed by atoms with Crippen molar-refractivity contribution < 1.29 is 14.7 Å². The normalized spacial score (nSPS) is 15.0. The third-order valence-electron chi connectivity index (χ3n) is 3.78. The zero-order chi connectivity index (χ0) is 20.4. The van der Waals surface area contributed by atoms with Gasteiger partial charge in [0, 0.05) is 23.5 Å². The molecule has 1 aromatic heterocycles. The van der Waals surface area contributed by atoms with Gasteiger partial charge < -0.3 is 9.90 Å². The minimum atomic E-state index is -0.955. The second kappa shape index (κ2) is 12.0. The molecule has 27 heavy (non-hydrogen) atoms. The summed E-state index contributed by atoms with van der Waals surface area (Å²) >= 11 is 11.6. The first-order valence-electron chi connectivity index (χ1n) is 8.80. The number of nitrogens with zero attached hydrogens (tertiary/aromatic N) is 2. The van der Waals surface area contributed by atoms with Crippen LogP contribution in [0.15, 0.2) is 35.0 Å². The van der Waals surface area contributed by atoms with Crippen molar-refractivity contribution >= 4 is 35.5 Å². The largest absolute Gasteiger partial charge is 0.480 e.